The van der Waals surface area contributed by atoms with E-state index in [-0.39, 0.29) is 28.9 Å². The number of nitrogens with one attached hydrogen (secondary N) is 1. The van der Waals surface area contributed by atoms with Crippen molar-refractivity contribution in [1.29, 1.82) is 0 Å². The number of hydrogen-bond acceptors (Lipinski definition) is 4. The Morgan fingerprint density at radius 3 is 2.58 bits per heavy atom. The van der Waals surface area contributed by atoms with Crippen LogP contribution in [0.5, 0.6) is 0 Å². The minimum absolute atomic E-state index is 0.0733. The molecule has 0 bridgehead atoms. The van der Waals surface area contributed by atoms with E-state index in [1.165, 1.54) is 4.40 Å². The first-order chi connectivity index (χ1) is 11.1. The maximum absolute atomic E-state index is 12.8. The zero-order chi connectivity index (χ0) is 17.7. The molecule has 3 aromatic rings. The van der Waals surface area contributed by atoms with Gasteiger partial charge in [-0.1, -0.05) is 0 Å². The van der Waals surface area contributed by atoms with Crippen molar-refractivity contribution < 1.29 is 27.5 Å². The molecule has 2 aromatic heterocycles. The zero-order valence-corrected chi connectivity index (χ0v) is 12.7. The second-order valence-corrected chi connectivity index (χ2v) is 6.87. The molecule has 0 amide bonds. The lowest BCUT2D eigenvalue weighted by Gasteiger charge is -2.09. The molecule has 24 heavy (non-hydrogen) atoms. The van der Waals surface area contributed by atoms with Crippen molar-refractivity contribution in [3.63, 3.8) is 0 Å². The molecule has 0 fully saturated rings. The Morgan fingerprint density at radius 2 is 1.96 bits per heavy atom. The standard InChI is InChI=1S/C12H10F3N4O4P/c13-12(14,15)6-1-2-8-7(5-6)16-11(20)10-18-17-9(19(8)10)3-4-24(21,22)23/h1-2,5H,3-4H2,(H,16,20)(H2,21,22,23). The monoisotopic (exact) mass is 362 g/mol. The third-order valence-electron chi connectivity index (χ3n) is 3.37. The summed E-state index contributed by atoms with van der Waals surface area (Å²) >= 11 is 0. The molecule has 0 unspecified atom stereocenters. The lowest BCUT2D eigenvalue weighted by molar-refractivity contribution is -0.137. The average Bonchev–Trinajstić information content (AvgIpc) is 2.88. The third kappa shape index (κ3) is 3.05. The first kappa shape index (κ1) is 16.6. The molecule has 3 N–H and O–H groups in total. The molecule has 0 saturated heterocycles. The number of aromatic nitrogens is 4. The highest BCUT2D eigenvalue weighted by atomic mass is 31.2. The lowest BCUT2D eigenvalue weighted by atomic mass is 10.2. The molecule has 12 heteroatoms. The zero-order valence-electron chi connectivity index (χ0n) is 11.8. The second-order valence-electron chi connectivity index (χ2n) is 5.10. The molecule has 0 spiro atoms. The molecule has 128 valence electrons. The lowest BCUT2D eigenvalue weighted by Crippen LogP contribution is -2.13. The van der Waals surface area contributed by atoms with Crippen molar-refractivity contribution in [2.45, 2.75) is 12.6 Å². The smallest absolute Gasteiger partial charge is 0.324 e. The Labute approximate surface area is 131 Å². The van der Waals surface area contributed by atoms with Gasteiger partial charge in [-0.3, -0.25) is 13.8 Å². The number of aromatic amines is 1. The van der Waals surface area contributed by atoms with E-state index in [1.807, 2.05) is 0 Å². The van der Waals surface area contributed by atoms with E-state index < -0.39 is 31.1 Å². The third-order valence-corrected chi connectivity index (χ3v) is 4.18. The van der Waals surface area contributed by atoms with Crippen molar-refractivity contribution in [1.82, 2.24) is 19.6 Å². The number of nitrogens with zero attached hydrogens (tertiary/aromatic N) is 3. The topological polar surface area (TPSA) is 121 Å². The van der Waals surface area contributed by atoms with Crippen molar-refractivity contribution in [3.8, 4) is 0 Å². The van der Waals surface area contributed by atoms with E-state index in [0.29, 0.717) is 0 Å². The van der Waals surface area contributed by atoms with Crippen molar-refractivity contribution in [2.24, 2.45) is 0 Å². The fourth-order valence-electron chi connectivity index (χ4n) is 2.31. The van der Waals surface area contributed by atoms with Gasteiger partial charge in [-0.2, -0.15) is 13.2 Å². The van der Waals surface area contributed by atoms with Gasteiger partial charge in [0.15, 0.2) is 0 Å². The summed E-state index contributed by atoms with van der Waals surface area (Å²) in [5, 5.41) is 7.34. The van der Waals surface area contributed by atoms with E-state index in [2.05, 4.69) is 15.2 Å². The van der Waals surface area contributed by atoms with Gasteiger partial charge in [-0.05, 0) is 18.2 Å². The van der Waals surface area contributed by atoms with Crippen LogP contribution in [0.3, 0.4) is 0 Å². The summed E-state index contributed by atoms with van der Waals surface area (Å²) in [6, 6.07) is 2.77. The Balaban J connectivity index is 2.23. The number of rotatable bonds is 3. The van der Waals surface area contributed by atoms with E-state index in [9.17, 15) is 22.5 Å². The summed E-state index contributed by atoms with van der Waals surface area (Å²) in [6.07, 6.45) is -5.29. The molecule has 0 aliphatic heterocycles. The molecule has 0 saturated carbocycles. The van der Waals surface area contributed by atoms with Crippen LogP contribution in [0.2, 0.25) is 0 Å². The van der Waals surface area contributed by atoms with Gasteiger partial charge in [0, 0.05) is 6.42 Å². The predicted octanol–water partition coefficient (Wildman–Crippen LogP) is 1.31. The molecular formula is C12H10F3N4O4P. The van der Waals surface area contributed by atoms with Gasteiger partial charge < -0.3 is 14.8 Å². The van der Waals surface area contributed by atoms with Gasteiger partial charge in [0.2, 0.25) is 5.65 Å². The van der Waals surface area contributed by atoms with Crippen LogP contribution in [0.4, 0.5) is 13.2 Å². The van der Waals surface area contributed by atoms with Gasteiger partial charge in [0.25, 0.3) is 5.56 Å². The largest absolute Gasteiger partial charge is 0.416 e. The number of halogens is 3. The highest BCUT2D eigenvalue weighted by molar-refractivity contribution is 7.51. The summed E-state index contributed by atoms with van der Waals surface area (Å²) in [5.74, 6) is 0.0733. The molecule has 0 aliphatic rings. The molecule has 0 aliphatic carbocycles. The Bertz CT molecular complexity index is 1040. The maximum atomic E-state index is 12.8. The van der Waals surface area contributed by atoms with Gasteiger partial charge >= 0.3 is 13.8 Å². The molecule has 2 heterocycles. The van der Waals surface area contributed by atoms with Gasteiger partial charge in [-0.25, -0.2) is 0 Å². The van der Waals surface area contributed by atoms with Gasteiger partial charge in [0.1, 0.15) is 5.82 Å². The predicted molar refractivity (Wildman–Crippen MR) is 76.7 cm³/mol. The summed E-state index contributed by atoms with van der Waals surface area (Å²) in [6.45, 7) is 0. The van der Waals surface area contributed by atoms with Gasteiger partial charge in [0.05, 0.1) is 22.8 Å². The highest BCUT2D eigenvalue weighted by Crippen LogP contribution is 2.35. The molecule has 1 aromatic carbocycles. The number of benzene rings is 1. The number of hydrogen-bond donors (Lipinski definition) is 3. The summed E-state index contributed by atoms with van der Waals surface area (Å²) in [5.41, 5.74) is -1.74. The normalized spacial score (nSPS) is 13.0. The first-order valence-corrected chi connectivity index (χ1v) is 8.38. The van der Waals surface area contributed by atoms with Crippen LogP contribution in [-0.2, 0) is 17.2 Å². The number of H-pyrrole nitrogens is 1. The van der Waals surface area contributed by atoms with Crippen LogP contribution in [0.25, 0.3) is 16.7 Å². The quantitative estimate of drug-likeness (QED) is 0.604. The minimum Gasteiger partial charge on any atom is -0.324 e. The van der Waals surface area contributed by atoms with Crippen molar-refractivity contribution >= 4 is 24.3 Å². The van der Waals surface area contributed by atoms with Crippen molar-refractivity contribution in [2.75, 3.05) is 6.16 Å². The van der Waals surface area contributed by atoms with E-state index in [1.54, 1.807) is 0 Å². The van der Waals surface area contributed by atoms with Crippen LogP contribution in [-0.4, -0.2) is 35.5 Å². The molecule has 0 atom stereocenters. The Kier molecular flexibility index (Phi) is 3.74. The second kappa shape index (κ2) is 5.40. The van der Waals surface area contributed by atoms with E-state index in [0.717, 1.165) is 18.2 Å². The van der Waals surface area contributed by atoms with E-state index in [4.69, 9.17) is 9.79 Å². The minimum atomic E-state index is -4.57. The Morgan fingerprint density at radius 1 is 1.25 bits per heavy atom. The Hall–Kier alpha value is -2.23. The SMILES string of the molecule is O=c1[nH]c2cc(C(F)(F)F)ccc2n2c(CCP(=O)(O)O)nnc12. The van der Waals surface area contributed by atoms with Crippen LogP contribution in [0, 0.1) is 0 Å². The van der Waals surface area contributed by atoms with Crippen LogP contribution >= 0.6 is 7.60 Å². The molecule has 8 nitrogen and oxygen atoms in total. The molecular weight excluding hydrogens is 352 g/mol. The van der Waals surface area contributed by atoms with Crippen molar-refractivity contribution in [3.05, 3.63) is 39.9 Å². The average molecular weight is 362 g/mol. The fourth-order valence-corrected chi connectivity index (χ4v) is 2.80. The number of fused-ring (bicyclic) bond motifs is 3. The number of aryl methyl sites for hydroxylation is 1. The highest BCUT2D eigenvalue weighted by Gasteiger charge is 2.31. The van der Waals surface area contributed by atoms with Crippen LogP contribution < -0.4 is 5.56 Å². The summed E-state index contributed by atoms with van der Waals surface area (Å²) < 4.78 is 50.6. The summed E-state index contributed by atoms with van der Waals surface area (Å²) in [7, 11) is -4.30. The van der Waals surface area contributed by atoms with E-state index >= 15 is 0 Å². The van der Waals surface area contributed by atoms with Crippen LogP contribution in [0.15, 0.2) is 23.0 Å². The maximum Gasteiger partial charge on any atom is 0.416 e. The fraction of sp³-hybridized carbons (Fsp3) is 0.250. The van der Waals surface area contributed by atoms with Crippen LogP contribution in [0.1, 0.15) is 11.4 Å². The first-order valence-electron chi connectivity index (χ1n) is 6.58. The van der Waals surface area contributed by atoms with Gasteiger partial charge in [-0.15, -0.1) is 10.2 Å². The molecule has 0 radical (unpaired) electrons. The summed E-state index contributed by atoms with van der Waals surface area (Å²) in [4.78, 5) is 32.1. The number of alkyl halides is 3. The molecule has 3 rings (SSSR count).